The molecular weight excluding hydrogens is 281 g/mol. The van der Waals surface area contributed by atoms with E-state index in [4.69, 9.17) is 0 Å². The molecule has 0 saturated heterocycles. The van der Waals surface area contributed by atoms with Crippen molar-refractivity contribution in [1.29, 1.82) is 0 Å². The maximum absolute atomic E-state index is 13.0. The fraction of sp³-hybridized carbons (Fsp3) is 0.667. The molecule has 0 aliphatic heterocycles. The predicted molar refractivity (Wildman–Crippen MR) is 77.2 cm³/mol. The summed E-state index contributed by atoms with van der Waals surface area (Å²) in [4.78, 5) is 11.9. The first-order valence-corrected chi connectivity index (χ1v) is 7.07. The van der Waals surface area contributed by atoms with Crippen LogP contribution in [0.5, 0.6) is 0 Å². The third kappa shape index (κ3) is 4.88. The molecule has 0 saturated carbocycles. The number of hydrogen-bond acceptors (Lipinski definition) is 2. The van der Waals surface area contributed by atoms with Gasteiger partial charge in [-0.25, -0.2) is 0 Å². The summed E-state index contributed by atoms with van der Waals surface area (Å²) >= 11 is 0. The van der Waals surface area contributed by atoms with E-state index in [0.717, 1.165) is 29.2 Å². The zero-order chi connectivity index (χ0) is 16.3. The van der Waals surface area contributed by atoms with Crippen LogP contribution in [0.15, 0.2) is 23.0 Å². The van der Waals surface area contributed by atoms with Crippen molar-refractivity contribution in [1.82, 2.24) is 9.88 Å². The first kappa shape index (κ1) is 17.8. The normalized spacial score (nSPS) is 14.2. The van der Waals surface area contributed by atoms with Gasteiger partial charge in [0.25, 0.3) is 5.56 Å². The highest BCUT2D eigenvalue weighted by Gasteiger charge is 2.35. The van der Waals surface area contributed by atoms with Crippen LogP contribution in [0.1, 0.15) is 39.8 Å². The van der Waals surface area contributed by atoms with Crippen molar-refractivity contribution in [3.8, 4) is 0 Å². The predicted octanol–water partition coefficient (Wildman–Crippen LogP) is 3.28. The second-order valence-electron chi connectivity index (χ2n) is 6.23. The van der Waals surface area contributed by atoms with E-state index < -0.39 is 17.4 Å². The van der Waals surface area contributed by atoms with E-state index in [1.54, 1.807) is 0 Å². The zero-order valence-corrected chi connectivity index (χ0v) is 12.9. The number of halogens is 3. The van der Waals surface area contributed by atoms with Crippen LogP contribution in [0.2, 0.25) is 0 Å². The minimum absolute atomic E-state index is 0.00197. The number of nitrogens with zero attached hydrogens (tertiary/aromatic N) is 1. The van der Waals surface area contributed by atoms with Crippen molar-refractivity contribution >= 4 is 0 Å². The van der Waals surface area contributed by atoms with Crippen molar-refractivity contribution < 1.29 is 13.2 Å². The number of alkyl halides is 3. The Hall–Kier alpha value is -1.30. The Kier molecular flexibility index (Phi) is 5.61. The lowest BCUT2D eigenvalue weighted by Crippen LogP contribution is -2.46. The van der Waals surface area contributed by atoms with Gasteiger partial charge in [-0.05, 0) is 24.4 Å². The number of rotatable bonds is 5. The summed E-state index contributed by atoms with van der Waals surface area (Å²) in [6.45, 7) is 8.52. The van der Waals surface area contributed by atoms with E-state index in [1.165, 1.54) is 0 Å². The molecular formula is C15H23F3N2O. The first-order chi connectivity index (χ1) is 9.57. The van der Waals surface area contributed by atoms with Gasteiger partial charge in [-0.1, -0.05) is 33.8 Å². The van der Waals surface area contributed by atoms with Gasteiger partial charge in [0.05, 0.1) is 0 Å². The minimum atomic E-state index is -4.53. The largest absolute Gasteiger partial charge is 0.431 e. The Morgan fingerprint density at radius 1 is 1.24 bits per heavy atom. The van der Waals surface area contributed by atoms with Crippen LogP contribution >= 0.6 is 0 Å². The van der Waals surface area contributed by atoms with Gasteiger partial charge >= 0.3 is 6.18 Å². The molecule has 3 nitrogen and oxygen atoms in total. The maximum atomic E-state index is 13.0. The van der Waals surface area contributed by atoms with Crippen LogP contribution in [-0.4, -0.2) is 17.2 Å². The summed E-state index contributed by atoms with van der Waals surface area (Å²) in [6, 6.07) is 3.03. The van der Waals surface area contributed by atoms with Gasteiger partial charge < -0.3 is 9.88 Å². The van der Waals surface area contributed by atoms with Crippen LogP contribution in [0.4, 0.5) is 13.2 Å². The molecule has 0 aliphatic rings. The lowest BCUT2D eigenvalue weighted by atomic mass is 9.86. The molecule has 0 spiro atoms. The van der Waals surface area contributed by atoms with Crippen molar-refractivity contribution in [3.05, 3.63) is 34.2 Å². The lowest BCUT2D eigenvalue weighted by molar-refractivity contribution is -0.144. The number of pyridine rings is 1. The molecule has 0 amide bonds. The average Bonchev–Trinajstić information content (AvgIpc) is 2.33. The Labute approximate surface area is 123 Å². The Balaban J connectivity index is 3.17. The molecule has 0 aliphatic carbocycles. The summed E-state index contributed by atoms with van der Waals surface area (Å²) in [5, 5.41) is 3.24. The van der Waals surface area contributed by atoms with Crippen LogP contribution < -0.4 is 10.9 Å². The van der Waals surface area contributed by atoms with Gasteiger partial charge in [-0.3, -0.25) is 4.79 Å². The molecule has 1 aromatic rings. The number of nitrogens with one attached hydrogen (secondary N) is 1. The fourth-order valence-electron chi connectivity index (χ4n) is 2.10. The Bertz CT molecular complexity index is 515. The summed E-state index contributed by atoms with van der Waals surface area (Å²) in [5.41, 5.74) is -1.78. The van der Waals surface area contributed by atoms with Gasteiger partial charge in [0.1, 0.15) is 5.69 Å². The van der Waals surface area contributed by atoms with Gasteiger partial charge in [-0.15, -0.1) is 0 Å². The van der Waals surface area contributed by atoms with Crippen LogP contribution in [0.3, 0.4) is 0 Å². The van der Waals surface area contributed by atoms with Crippen LogP contribution in [0.25, 0.3) is 0 Å². The Morgan fingerprint density at radius 2 is 1.86 bits per heavy atom. The number of aromatic nitrogens is 1. The van der Waals surface area contributed by atoms with Crippen molar-refractivity contribution in [3.63, 3.8) is 0 Å². The van der Waals surface area contributed by atoms with Crippen LogP contribution in [-0.2, 0) is 12.7 Å². The second kappa shape index (κ2) is 6.64. The summed E-state index contributed by atoms with van der Waals surface area (Å²) in [7, 11) is 0. The molecule has 0 fully saturated rings. The highest BCUT2D eigenvalue weighted by Crippen LogP contribution is 2.29. The lowest BCUT2D eigenvalue weighted by Gasteiger charge is -2.33. The van der Waals surface area contributed by atoms with E-state index in [9.17, 15) is 18.0 Å². The topological polar surface area (TPSA) is 34.0 Å². The fourth-order valence-corrected chi connectivity index (χ4v) is 2.10. The molecule has 1 rings (SSSR count). The van der Waals surface area contributed by atoms with Gasteiger partial charge in [0.2, 0.25) is 0 Å². The average molecular weight is 304 g/mol. The van der Waals surface area contributed by atoms with Crippen molar-refractivity contribution in [2.24, 2.45) is 5.41 Å². The summed E-state index contributed by atoms with van der Waals surface area (Å²) < 4.78 is 40.0. The standard InChI is InChI=1S/C15H23F3N2O/c1-5-9-19-11(14(2,3)4)10-20-12(15(16,17)18)7-6-8-13(20)21/h6-8,11,19H,5,9-10H2,1-4H3. The SMILES string of the molecule is CCCNC(Cn1c(C(F)(F)F)cccc1=O)C(C)(C)C. The molecule has 1 atom stereocenters. The monoisotopic (exact) mass is 304 g/mol. The zero-order valence-electron chi connectivity index (χ0n) is 12.9. The quantitative estimate of drug-likeness (QED) is 0.906. The summed E-state index contributed by atoms with van der Waals surface area (Å²) in [6.07, 6.45) is -3.66. The van der Waals surface area contributed by atoms with Crippen molar-refractivity contribution in [2.45, 2.75) is 52.9 Å². The van der Waals surface area contributed by atoms with E-state index in [2.05, 4.69) is 5.32 Å². The van der Waals surface area contributed by atoms with E-state index in [1.807, 2.05) is 27.7 Å². The third-order valence-electron chi connectivity index (χ3n) is 3.39. The van der Waals surface area contributed by atoms with Gasteiger partial charge in [0, 0.05) is 18.7 Å². The molecule has 1 aromatic heterocycles. The highest BCUT2D eigenvalue weighted by atomic mass is 19.4. The molecule has 0 bridgehead atoms. The van der Waals surface area contributed by atoms with Gasteiger partial charge in [-0.2, -0.15) is 13.2 Å². The smallest absolute Gasteiger partial charge is 0.312 e. The third-order valence-corrected chi connectivity index (χ3v) is 3.39. The molecule has 1 heterocycles. The van der Waals surface area contributed by atoms with Gasteiger partial charge in [0.15, 0.2) is 0 Å². The highest BCUT2D eigenvalue weighted by molar-refractivity contribution is 5.10. The summed E-state index contributed by atoms with van der Waals surface area (Å²) in [5.74, 6) is 0. The molecule has 1 unspecified atom stereocenters. The van der Waals surface area contributed by atoms with Crippen LogP contribution in [0, 0.1) is 5.41 Å². The molecule has 6 heteroatoms. The maximum Gasteiger partial charge on any atom is 0.431 e. The molecule has 0 radical (unpaired) electrons. The first-order valence-electron chi connectivity index (χ1n) is 7.07. The molecule has 0 aromatic carbocycles. The molecule has 120 valence electrons. The second-order valence-corrected chi connectivity index (χ2v) is 6.23. The minimum Gasteiger partial charge on any atom is -0.312 e. The van der Waals surface area contributed by atoms with Crippen molar-refractivity contribution in [2.75, 3.05) is 6.54 Å². The van der Waals surface area contributed by atoms with E-state index >= 15 is 0 Å². The van der Waals surface area contributed by atoms with E-state index in [-0.39, 0.29) is 18.0 Å². The molecule has 21 heavy (non-hydrogen) atoms. The number of hydrogen-bond donors (Lipinski definition) is 1. The molecule has 1 N–H and O–H groups in total. The van der Waals surface area contributed by atoms with E-state index in [0.29, 0.717) is 6.54 Å². The Morgan fingerprint density at radius 3 is 2.33 bits per heavy atom.